The normalized spacial score (nSPS) is 8.00. The molecule has 2 nitrogen and oxygen atoms in total. The average molecular weight is 325 g/mol. The first-order chi connectivity index (χ1) is 4.83. The molecule has 0 spiro atoms. The SMILES string of the molecule is N#CC[n+]1cccc(Br)c1.[I-]. The van der Waals surface area contributed by atoms with Gasteiger partial charge in [0, 0.05) is 6.07 Å². The molecule has 0 aliphatic heterocycles. The van der Waals surface area contributed by atoms with Gasteiger partial charge in [0.05, 0.1) is 4.47 Å². The van der Waals surface area contributed by atoms with Crippen LogP contribution in [0.1, 0.15) is 0 Å². The van der Waals surface area contributed by atoms with Gasteiger partial charge in [-0.3, -0.25) is 0 Å². The Hall–Kier alpha value is -0.150. The van der Waals surface area contributed by atoms with Gasteiger partial charge in [0.25, 0.3) is 0 Å². The van der Waals surface area contributed by atoms with Gasteiger partial charge >= 0.3 is 0 Å². The molecule has 0 aliphatic carbocycles. The zero-order chi connectivity index (χ0) is 7.40. The van der Waals surface area contributed by atoms with Gasteiger partial charge in [-0.15, -0.1) is 0 Å². The summed E-state index contributed by atoms with van der Waals surface area (Å²) >= 11 is 3.30. The number of hydrogen-bond acceptors (Lipinski definition) is 1. The second-order valence-corrected chi connectivity index (χ2v) is 2.77. The topological polar surface area (TPSA) is 27.7 Å². The van der Waals surface area contributed by atoms with Crippen molar-refractivity contribution in [2.75, 3.05) is 0 Å². The molecule has 1 rings (SSSR count). The van der Waals surface area contributed by atoms with Crippen molar-refractivity contribution >= 4 is 15.9 Å². The van der Waals surface area contributed by atoms with Crippen LogP contribution in [0, 0.1) is 11.3 Å². The summed E-state index contributed by atoms with van der Waals surface area (Å²) in [6.45, 7) is 0.402. The van der Waals surface area contributed by atoms with E-state index in [-0.39, 0.29) is 24.0 Å². The van der Waals surface area contributed by atoms with Crippen molar-refractivity contribution < 1.29 is 28.5 Å². The third-order valence-electron chi connectivity index (χ3n) is 1.08. The van der Waals surface area contributed by atoms with E-state index in [1.54, 1.807) is 0 Å². The lowest BCUT2D eigenvalue weighted by molar-refractivity contribution is -0.685. The highest BCUT2D eigenvalue weighted by molar-refractivity contribution is 9.10. The van der Waals surface area contributed by atoms with Crippen molar-refractivity contribution in [3.8, 4) is 6.07 Å². The summed E-state index contributed by atoms with van der Waals surface area (Å²) in [5.74, 6) is 0. The van der Waals surface area contributed by atoms with E-state index in [0.29, 0.717) is 6.54 Å². The van der Waals surface area contributed by atoms with Gasteiger partial charge in [-0.2, -0.15) is 9.83 Å². The van der Waals surface area contributed by atoms with Gasteiger partial charge in [0.2, 0.25) is 6.54 Å². The molecule has 4 heteroatoms. The molecule has 11 heavy (non-hydrogen) atoms. The number of halogens is 2. The van der Waals surface area contributed by atoms with Crippen LogP contribution in [0.2, 0.25) is 0 Å². The van der Waals surface area contributed by atoms with Crippen molar-refractivity contribution in [3.05, 3.63) is 29.0 Å². The van der Waals surface area contributed by atoms with Crippen LogP contribution in [0.15, 0.2) is 29.0 Å². The van der Waals surface area contributed by atoms with E-state index in [2.05, 4.69) is 22.0 Å². The van der Waals surface area contributed by atoms with E-state index in [1.165, 1.54) is 0 Å². The maximum atomic E-state index is 8.32. The van der Waals surface area contributed by atoms with E-state index < -0.39 is 0 Å². The zero-order valence-electron chi connectivity index (χ0n) is 5.67. The summed E-state index contributed by atoms with van der Waals surface area (Å²) in [7, 11) is 0. The van der Waals surface area contributed by atoms with Gasteiger partial charge in [0.15, 0.2) is 12.4 Å². The lowest BCUT2D eigenvalue weighted by atomic mass is 10.5. The fraction of sp³-hybridized carbons (Fsp3) is 0.143. The standard InChI is InChI=1S/C7H6BrN2.HI/c8-7-2-1-4-10(6-7)5-3-9;/h1-2,4,6H,5H2;1H/q+1;/p-1. The van der Waals surface area contributed by atoms with Gasteiger partial charge in [0.1, 0.15) is 6.07 Å². The zero-order valence-corrected chi connectivity index (χ0v) is 9.41. The van der Waals surface area contributed by atoms with Crippen LogP contribution in [-0.4, -0.2) is 0 Å². The average Bonchev–Trinajstić information content (AvgIpc) is 1.88. The molecule has 0 saturated carbocycles. The number of nitrogens with zero attached hydrogens (tertiary/aromatic N) is 2. The second kappa shape index (κ2) is 5.49. The molecule has 0 atom stereocenters. The van der Waals surface area contributed by atoms with Crippen LogP contribution >= 0.6 is 15.9 Å². The quantitative estimate of drug-likeness (QED) is 0.445. The Balaban J connectivity index is 0.000001000. The van der Waals surface area contributed by atoms with Crippen molar-refractivity contribution in [1.29, 1.82) is 5.26 Å². The summed E-state index contributed by atoms with van der Waals surface area (Å²) < 4.78 is 2.80. The summed E-state index contributed by atoms with van der Waals surface area (Å²) in [6.07, 6.45) is 3.72. The van der Waals surface area contributed by atoms with Crippen LogP contribution in [0.25, 0.3) is 0 Å². The lowest BCUT2D eigenvalue weighted by Crippen LogP contribution is -3.00. The Bertz CT molecular complexity index is 269. The number of pyridine rings is 1. The smallest absolute Gasteiger partial charge is 0.233 e. The van der Waals surface area contributed by atoms with Crippen LogP contribution in [-0.2, 0) is 6.54 Å². The highest BCUT2D eigenvalue weighted by Crippen LogP contribution is 2.02. The van der Waals surface area contributed by atoms with Crippen LogP contribution < -0.4 is 28.5 Å². The largest absolute Gasteiger partial charge is 1.00 e. The Morgan fingerprint density at radius 1 is 1.64 bits per heavy atom. The van der Waals surface area contributed by atoms with Crippen LogP contribution in [0.4, 0.5) is 0 Å². The fourth-order valence-electron chi connectivity index (χ4n) is 0.670. The molecule has 0 saturated heterocycles. The van der Waals surface area contributed by atoms with E-state index in [4.69, 9.17) is 5.26 Å². The lowest BCUT2D eigenvalue weighted by Gasteiger charge is -1.87. The number of nitriles is 1. The molecule has 0 amide bonds. The van der Waals surface area contributed by atoms with E-state index in [1.807, 2.05) is 29.1 Å². The highest BCUT2D eigenvalue weighted by atomic mass is 127. The van der Waals surface area contributed by atoms with Crippen molar-refractivity contribution in [1.82, 2.24) is 0 Å². The minimum atomic E-state index is 0. The summed E-state index contributed by atoms with van der Waals surface area (Å²) in [5.41, 5.74) is 0. The fourth-order valence-corrected chi connectivity index (χ4v) is 1.09. The Labute approximate surface area is 91.0 Å². The predicted octanol–water partition coefficient (Wildman–Crippen LogP) is -1.74. The maximum absolute atomic E-state index is 8.32. The predicted molar refractivity (Wildman–Crippen MR) is 40.0 cm³/mol. The molecule has 0 fully saturated rings. The van der Waals surface area contributed by atoms with Crippen molar-refractivity contribution in [2.45, 2.75) is 6.54 Å². The highest BCUT2D eigenvalue weighted by Gasteiger charge is 1.96. The third kappa shape index (κ3) is 3.68. The van der Waals surface area contributed by atoms with Crippen LogP contribution in [0.5, 0.6) is 0 Å². The summed E-state index contributed by atoms with van der Waals surface area (Å²) in [5, 5.41) is 8.32. The summed E-state index contributed by atoms with van der Waals surface area (Å²) in [4.78, 5) is 0. The molecule has 0 unspecified atom stereocenters. The Morgan fingerprint density at radius 3 is 2.91 bits per heavy atom. The molecule has 1 aromatic heterocycles. The molecule has 1 heterocycles. The number of aromatic nitrogens is 1. The first-order valence-electron chi connectivity index (χ1n) is 2.84. The minimum absolute atomic E-state index is 0. The molecular formula is C7H6BrIN2. The first kappa shape index (κ1) is 10.8. The maximum Gasteiger partial charge on any atom is 0.233 e. The van der Waals surface area contributed by atoms with Gasteiger partial charge < -0.3 is 24.0 Å². The van der Waals surface area contributed by atoms with Gasteiger partial charge in [-0.1, -0.05) is 0 Å². The Kier molecular flexibility index (Phi) is 5.42. The molecule has 0 aliphatic rings. The summed E-state index contributed by atoms with van der Waals surface area (Å²) in [6, 6.07) is 5.87. The second-order valence-electron chi connectivity index (χ2n) is 1.85. The Morgan fingerprint density at radius 2 is 2.36 bits per heavy atom. The third-order valence-corrected chi connectivity index (χ3v) is 1.54. The van der Waals surface area contributed by atoms with Crippen molar-refractivity contribution in [2.24, 2.45) is 0 Å². The number of rotatable bonds is 1. The van der Waals surface area contributed by atoms with Crippen molar-refractivity contribution in [3.63, 3.8) is 0 Å². The molecule has 0 N–H and O–H groups in total. The van der Waals surface area contributed by atoms with Gasteiger partial charge in [-0.05, 0) is 22.0 Å². The van der Waals surface area contributed by atoms with E-state index >= 15 is 0 Å². The molecule has 0 bridgehead atoms. The molecule has 0 radical (unpaired) electrons. The monoisotopic (exact) mass is 324 g/mol. The molecule has 58 valence electrons. The minimum Gasteiger partial charge on any atom is -1.00 e. The van der Waals surface area contributed by atoms with Gasteiger partial charge in [-0.25, -0.2) is 0 Å². The van der Waals surface area contributed by atoms with Crippen LogP contribution in [0.3, 0.4) is 0 Å². The molecular weight excluding hydrogens is 319 g/mol. The van der Waals surface area contributed by atoms with E-state index in [0.717, 1.165) is 4.47 Å². The molecule has 1 aromatic rings. The van der Waals surface area contributed by atoms with E-state index in [9.17, 15) is 0 Å². The molecule has 0 aromatic carbocycles. The number of hydrogen-bond donors (Lipinski definition) is 0. The first-order valence-corrected chi connectivity index (χ1v) is 3.64.